The molecule has 33 heavy (non-hydrogen) atoms. The van der Waals surface area contributed by atoms with Crippen molar-refractivity contribution in [3.8, 4) is 11.5 Å². The van der Waals surface area contributed by atoms with Gasteiger partial charge in [0.25, 0.3) is 5.91 Å². The molecule has 0 bridgehead atoms. The highest BCUT2D eigenvalue weighted by atomic mass is 32.1. The summed E-state index contributed by atoms with van der Waals surface area (Å²) in [7, 11) is 3.73. The number of carbonyl (C=O) groups excluding carboxylic acids is 1. The fourth-order valence-corrected chi connectivity index (χ4v) is 5.05. The van der Waals surface area contributed by atoms with Crippen molar-refractivity contribution in [1.29, 1.82) is 0 Å². The van der Waals surface area contributed by atoms with E-state index in [0.717, 1.165) is 53.6 Å². The Morgan fingerprint density at radius 1 is 1.24 bits per heavy atom. The maximum Gasteiger partial charge on any atom is 0.252 e. The van der Waals surface area contributed by atoms with Gasteiger partial charge in [0, 0.05) is 22.7 Å². The fraction of sp³-hybridized carbons (Fsp3) is 0.385. The first kappa shape index (κ1) is 22.0. The number of amides is 1. The Hall–Kier alpha value is -2.77. The van der Waals surface area contributed by atoms with Crippen LogP contribution in [0.25, 0.3) is 10.9 Å². The second-order valence-electron chi connectivity index (χ2n) is 9.11. The van der Waals surface area contributed by atoms with Gasteiger partial charge in [-0.2, -0.15) is 0 Å². The van der Waals surface area contributed by atoms with Crippen LogP contribution >= 0.6 is 12.6 Å². The third-order valence-corrected chi connectivity index (χ3v) is 7.37. The molecule has 5 rings (SSSR count). The van der Waals surface area contributed by atoms with Crippen molar-refractivity contribution in [2.24, 2.45) is 0 Å². The van der Waals surface area contributed by atoms with E-state index in [0.29, 0.717) is 11.3 Å². The molecule has 1 N–H and O–H groups in total. The first-order valence-electron chi connectivity index (χ1n) is 11.3. The minimum Gasteiger partial charge on any atom is -0.497 e. The molecule has 0 spiro atoms. The van der Waals surface area contributed by atoms with Crippen LogP contribution in [-0.2, 0) is 5.54 Å². The lowest BCUT2D eigenvalue weighted by molar-refractivity contribution is 0.0610. The molecule has 1 amide bonds. The van der Waals surface area contributed by atoms with Crippen LogP contribution in [0.4, 0.5) is 0 Å². The molecule has 0 unspecified atom stereocenters. The van der Waals surface area contributed by atoms with Crippen LogP contribution in [0.3, 0.4) is 0 Å². The van der Waals surface area contributed by atoms with Crippen molar-refractivity contribution in [3.05, 3.63) is 65.4 Å². The van der Waals surface area contributed by atoms with Crippen molar-refractivity contribution in [3.63, 3.8) is 0 Å². The van der Waals surface area contributed by atoms with E-state index in [1.807, 2.05) is 49.4 Å². The zero-order chi connectivity index (χ0) is 23.2. The van der Waals surface area contributed by atoms with Gasteiger partial charge in [-0.05, 0) is 75.7 Å². The normalized spacial score (nSPS) is 20.1. The summed E-state index contributed by atoms with van der Waals surface area (Å²) in [5.74, 6) is 1.31. The van der Waals surface area contributed by atoms with Crippen LogP contribution in [0.1, 0.15) is 40.7 Å². The van der Waals surface area contributed by atoms with Gasteiger partial charge in [-0.25, -0.2) is 0 Å². The molecule has 2 fully saturated rings. The largest absolute Gasteiger partial charge is 0.497 e. The molecule has 1 aliphatic carbocycles. The number of pyridine rings is 1. The molecular weight excluding hydrogens is 434 g/mol. The van der Waals surface area contributed by atoms with Gasteiger partial charge in [0.2, 0.25) is 0 Å². The molecule has 2 atom stereocenters. The van der Waals surface area contributed by atoms with Crippen molar-refractivity contribution >= 4 is 29.4 Å². The van der Waals surface area contributed by atoms with E-state index in [1.165, 1.54) is 0 Å². The summed E-state index contributed by atoms with van der Waals surface area (Å²) in [6, 6.07) is 13.8. The number of carbonyl (C=O) groups is 1. The number of methoxy groups -OCH3 is 1. The van der Waals surface area contributed by atoms with Gasteiger partial charge in [-0.15, -0.1) is 12.6 Å². The lowest BCUT2D eigenvalue weighted by Gasteiger charge is -2.40. The quantitative estimate of drug-likeness (QED) is 0.404. The van der Waals surface area contributed by atoms with Gasteiger partial charge in [0.05, 0.1) is 24.2 Å². The number of nitrogens with zero attached hydrogens (tertiary/aromatic N) is 2. The number of hydrogen-bond donors (Lipinski definition) is 2. The Morgan fingerprint density at radius 2 is 2.06 bits per heavy atom. The summed E-state index contributed by atoms with van der Waals surface area (Å²) < 4.78 is 11.6. The molecular formula is C26H29N3O3S. The van der Waals surface area contributed by atoms with E-state index in [2.05, 4.69) is 34.9 Å². The number of likely N-dealkylation sites (tertiary alicyclic amines) is 1. The molecule has 1 saturated carbocycles. The summed E-state index contributed by atoms with van der Waals surface area (Å²) in [5.41, 5.74) is 2.74. The zero-order valence-corrected chi connectivity index (χ0v) is 20.1. The Labute approximate surface area is 199 Å². The highest BCUT2D eigenvalue weighted by molar-refractivity contribution is 7.80. The highest BCUT2D eigenvalue weighted by Crippen LogP contribution is 2.49. The summed E-state index contributed by atoms with van der Waals surface area (Å²) in [6.07, 6.45) is 4.57. The minimum absolute atomic E-state index is 0.112. The molecule has 0 radical (unpaired) electrons. The van der Waals surface area contributed by atoms with E-state index in [1.54, 1.807) is 13.3 Å². The lowest BCUT2D eigenvalue weighted by atomic mass is 9.99. The number of aryl methyl sites for hydroxylation is 1. The van der Waals surface area contributed by atoms with E-state index >= 15 is 0 Å². The average molecular weight is 464 g/mol. The number of rotatable bonds is 7. The standard InChI is InChI=1S/C26H29N3O3S/c1-16-6-7-18(32-25(33)22-8-12-29(22)2)14-20(16)24(30)28-26(9-10-26)21-15-19(31-3)13-17-5-4-11-27-23(17)21/h4-7,11,13-15,22,25,33H,8-10,12H2,1-3H3,(H,28,30)/t22-,25-/m0/s1. The van der Waals surface area contributed by atoms with Crippen LogP contribution in [0.15, 0.2) is 48.7 Å². The Bertz CT molecular complexity index is 1210. The van der Waals surface area contributed by atoms with E-state index in [-0.39, 0.29) is 17.4 Å². The van der Waals surface area contributed by atoms with E-state index in [4.69, 9.17) is 9.47 Å². The first-order chi connectivity index (χ1) is 15.9. The molecule has 1 aliphatic heterocycles. The smallest absolute Gasteiger partial charge is 0.252 e. The number of aromatic nitrogens is 1. The Kier molecular flexibility index (Phi) is 5.70. The number of fused-ring (bicyclic) bond motifs is 1. The second kappa shape index (κ2) is 8.54. The molecule has 6 nitrogen and oxygen atoms in total. The third-order valence-electron chi connectivity index (χ3n) is 6.92. The summed E-state index contributed by atoms with van der Waals surface area (Å²) in [6.45, 7) is 3.00. The third kappa shape index (κ3) is 4.15. The number of likely N-dealkylation sites (N-methyl/N-ethyl adjacent to an activating group) is 1. The van der Waals surface area contributed by atoms with Crippen molar-refractivity contribution in [2.75, 3.05) is 20.7 Å². The van der Waals surface area contributed by atoms with E-state index < -0.39 is 5.54 Å². The summed E-state index contributed by atoms with van der Waals surface area (Å²) in [5, 5.41) is 4.30. The van der Waals surface area contributed by atoms with Gasteiger partial charge in [0.1, 0.15) is 11.5 Å². The van der Waals surface area contributed by atoms with Gasteiger partial charge < -0.3 is 14.8 Å². The monoisotopic (exact) mass is 463 g/mol. The van der Waals surface area contributed by atoms with Gasteiger partial charge in [-0.3, -0.25) is 14.7 Å². The Morgan fingerprint density at radius 3 is 2.73 bits per heavy atom. The molecule has 2 aromatic carbocycles. The van der Waals surface area contributed by atoms with Crippen LogP contribution < -0.4 is 14.8 Å². The Balaban J connectivity index is 1.40. The number of benzene rings is 2. The van der Waals surface area contributed by atoms with Crippen molar-refractivity contribution in [2.45, 2.75) is 43.2 Å². The van der Waals surface area contributed by atoms with Gasteiger partial charge in [0.15, 0.2) is 5.44 Å². The minimum atomic E-state index is -0.442. The van der Waals surface area contributed by atoms with Crippen LogP contribution in [-0.4, -0.2) is 48.0 Å². The SMILES string of the molecule is COc1cc(C2(NC(=O)c3cc(O[C@@H](S)[C@@H]4CCN4C)ccc3C)CC2)c2ncccc2c1. The van der Waals surface area contributed by atoms with Crippen molar-refractivity contribution in [1.82, 2.24) is 15.2 Å². The number of ether oxygens (including phenoxy) is 2. The topological polar surface area (TPSA) is 63.7 Å². The summed E-state index contributed by atoms with van der Waals surface area (Å²) >= 11 is 4.64. The maximum atomic E-state index is 13.4. The molecule has 1 aromatic heterocycles. The predicted octanol–water partition coefficient (Wildman–Crippen LogP) is 4.31. The van der Waals surface area contributed by atoms with Gasteiger partial charge >= 0.3 is 0 Å². The molecule has 1 saturated heterocycles. The number of nitrogens with one attached hydrogen (secondary N) is 1. The van der Waals surface area contributed by atoms with Crippen LogP contribution in [0, 0.1) is 6.92 Å². The fourth-order valence-electron chi connectivity index (χ4n) is 4.55. The first-order valence-corrected chi connectivity index (χ1v) is 11.8. The van der Waals surface area contributed by atoms with E-state index in [9.17, 15) is 4.79 Å². The second-order valence-corrected chi connectivity index (χ2v) is 9.62. The number of hydrogen-bond acceptors (Lipinski definition) is 6. The van der Waals surface area contributed by atoms with Crippen LogP contribution in [0.2, 0.25) is 0 Å². The zero-order valence-electron chi connectivity index (χ0n) is 19.2. The molecule has 2 aliphatic rings. The van der Waals surface area contributed by atoms with Gasteiger partial charge in [-0.1, -0.05) is 12.1 Å². The number of thiol groups is 1. The molecule has 3 aromatic rings. The average Bonchev–Trinajstić information content (AvgIpc) is 3.58. The predicted molar refractivity (Wildman–Crippen MR) is 132 cm³/mol. The highest BCUT2D eigenvalue weighted by Gasteiger charge is 2.47. The summed E-state index contributed by atoms with van der Waals surface area (Å²) in [4.78, 5) is 20.3. The van der Waals surface area contributed by atoms with Crippen molar-refractivity contribution < 1.29 is 14.3 Å². The molecule has 172 valence electrons. The molecule has 2 heterocycles. The lowest BCUT2D eigenvalue weighted by Crippen LogP contribution is -2.51. The van der Waals surface area contributed by atoms with Crippen LogP contribution in [0.5, 0.6) is 11.5 Å². The maximum absolute atomic E-state index is 13.4. The molecule has 7 heteroatoms.